The van der Waals surface area contributed by atoms with Gasteiger partial charge in [-0.2, -0.15) is 0 Å². The van der Waals surface area contributed by atoms with Gasteiger partial charge in [0.2, 0.25) is 5.71 Å². The van der Waals surface area contributed by atoms with Gasteiger partial charge in [0.25, 0.3) is 0 Å². The molecule has 2 aromatic rings. The molecule has 3 rings (SSSR count). The van der Waals surface area contributed by atoms with Crippen LogP contribution in [0, 0.1) is 0 Å². The van der Waals surface area contributed by atoms with Gasteiger partial charge in [0.15, 0.2) is 11.5 Å². The number of nitrogens with one attached hydrogen (secondary N) is 1. The van der Waals surface area contributed by atoms with Crippen LogP contribution in [0.2, 0.25) is 0 Å². The minimum Gasteiger partial charge on any atom is -0.508 e. The molecule has 0 atom stereocenters. The van der Waals surface area contributed by atoms with E-state index in [9.17, 15) is 5.11 Å². The van der Waals surface area contributed by atoms with Crippen molar-refractivity contribution in [3.63, 3.8) is 0 Å². The normalized spacial score (nSPS) is 13.6. The van der Waals surface area contributed by atoms with Crippen LogP contribution in [0.5, 0.6) is 17.2 Å². The lowest BCUT2D eigenvalue weighted by Gasteiger charge is -2.15. The van der Waals surface area contributed by atoms with Crippen molar-refractivity contribution in [2.45, 2.75) is 6.42 Å². The van der Waals surface area contributed by atoms with Gasteiger partial charge in [0.05, 0.1) is 19.8 Å². The Hall–Kier alpha value is -2.75. The summed E-state index contributed by atoms with van der Waals surface area (Å²) in [7, 11) is 3.30. The van der Waals surface area contributed by atoms with E-state index in [1.807, 2.05) is 30.3 Å². The number of fused-ring (bicyclic) bond motifs is 1. The molecular weight excluding hydrogens is 290 g/mol. The van der Waals surface area contributed by atoms with Crippen LogP contribution in [0.25, 0.3) is 6.08 Å². The minimum absolute atomic E-state index is 0.271. The van der Waals surface area contributed by atoms with Gasteiger partial charge in [0.1, 0.15) is 12.3 Å². The molecule has 0 aromatic heterocycles. The lowest BCUT2D eigenvalue weighted by Crippen LogP contribution is -2.75. The average molecular weight is 310 g/mol. The van der Waals surface area contributed by atoms with Gasteiger partial charge in [-0.25, -0.2) is 4.99 Å². The number of methoxy groups -OCH3 is 2. The molecule has 0 aliphatic carbocycles. The standard InChI is InChI=1S/C19H19NO3/c1-22-18-11-14-9-10-20-17(16(14)12-19(18)23-2)8-5-13-3-6-15(21)7-4-13/h3-8,11-12,21H,9-10H2,1-2H3/p+1/b8-5+. The number of allylic oxidation sites excluding steroid dienone is 1. The van der Waals surface area contributed by atoms with E-state index in [0.717, 1.165) is 41.3 Å². The Bertz CT molecular complexity index is 761. The van der Waals surface area contributed by atoms with E-state index >= 15 is 0 Å². The fourth-order valence-electron chi connectivity index (χ4n) is 2.72. The van der Waals surface area contributed by atoms with Crippen LogP contribution < -0.4 is 14.5 Å². The average Bonchev–Trinajstić information content (AvgIpc) is 2.60. The van der Waals surface area contributed by atoms with E-state index in [-0.39, 0.29) is 5.75 Å². The molecule has 4 heteroatoms. The number of ether oxygens (including phenoxy) is 2. The first-order chi connectivity index (χ1) is 11.2. The van der Waals surface area contributed by atoms with Crippen LogP contribution in [0.4, 0.5) is 0 Å². The summed E-state index contributed by atoms with van der Waals surface area (Å²) >= 11 is 0. The number of aromatic hydroxyl groups is 1. The summed E-state index contributed by atoms with van der Waals surface area (Å²) in [5.41, 5.74) is 4.46. The summed E-state index contributed by atoms with van der Waals surface area (Å²) in [5.74, 6) is 1.76. The summed E-state index contributed by atoms with van der Waals surface area (Å²) in [6, 6.07) is 11.2. The van der Waals surface area contributed by atoms with Crippen LogP contribution in [0.15, 0.2) is 42.5 Å². The molecule has 0 bridgehead atoms. The molecule has 0 spiro atoms. The van der Waals surface area contributed by atoms with E-state index in [1.165, 1.54) is 5.56 Å². The molecule has 0 radical (unpaired) electrons. The number of hydrogen-bond donors (Lipinski definition) is 2. The van der Waals surface area contributed by atoms with Gasteiger partial charge < -0.3 is 14.6 Å². The fraction of sp³-hybridized carbons (Fsp3) is 0.211. The first-order valence-electron chi connectivity index (χ1n) is 7.54. The van der Waals surface area contributed by atoms with Crippen molar-refractivity contribution >= 4 is 11.8 Å². The van der Waals surface area contributed by atoms with Gasteiger partial charge in [-0.15, -0.1) is 0 Å². The zero-order valence-corrected chi connectivity index (χ0v) is 13.3. The molecule has 1 aliphatic rings. The maximum Gasteiger partial charge on any atom is 0.206 e. The maximum absolute atomic E-state index is 9.34. The molecule has 0 amide bonds. The largest absolute Gasteiger partial charge is 0.508 e. The van der Waals surface area contributed by atoms with E-state index in [4.69, 9.17) is 9.47 Å². The number of phenols is 1. The van der Waals surface area contributed by atoms with Crippen molar-refractivity contribution < 1.29 is 19.6 Å². The van der Waals surface area contributed by atoms with Gasteiger partial charge >= 0.3 is 0 Å². The van der Waals surface area contributed by atoms with Crippen LogP contribution >= 0.6 is 0 Å². The Kier molecular flexibility index (Phi) is 4.33. The molecular formula is C19H20NO3+. The Morgan fingerprint density at radius 2 is 1.70 bits per heavy atom. The van der Waals surface area contributed by atoms with E-state index in [2.05, 4.69) is 11.1 Å². The van der Waals surface area contributed by atoms with Gasteiger partial charge in [-0.1, -0.05) is 12.1 Å². The molecule has 23 heavy (non-hydrogen) atoms. The maximum atomic E-state index is 9.34. The molecule has 1 aliphatic heterocycles. The highest BCUT2D eigenvalue weighted by Crippen LogP contribution is 2.31. The third-order valence-electron chi connectivity index (χ3n) is 3.94. The zero-order chi connectivity index (χ0) is 16.2. The highest BCUT2D eigenvalue weighted by molar-refractivity contribution is 6.08. The third-order valence-corrected chi connectivity index (χ3v) is 3.94. The predicted octanol–water partition coefficient (Wildman–Crippen LogP) is 1.55. The molecule has 1 heterocycles. The monoisotopic (exact) mass is 310 g/mol. The predicted molar refractivity (Wildman–Crippen MR) is 90.3 cm³/mol. The van der Waals surface area contributed by atoms with Gasteiger partial charge in [0, 0.05) is 12.5 Å². The number of phenolic OH excluding ortho intramolecular Hbond substituents is 1. The highest BCUT2D eigenvalue weighted by atomic mass is 16.5. The quantitative estimate of drug-likeness (QED) is 0.901. The fourth-order valence-corrected chi connectivity index (χ4v) is 2.72. The SMILES string of the molecule is COc1cc2c(cc1OC)C(/C=C/c1ccc(O)cc1)=[NH+]CC2. The minimum atomic E-state index is 0.271. The Morgan fingerprint density at radius 3 is 2.39 bits per heavy atom. The summed E-state index contributed by atoms with van der Waals surface area (Å²) in [5, 5.41) is 9.34. The van der Waals surface area contributed by atoms with Gasteiger partial charge in [-0.3, -0.25) is 0 Å². The van der Waals surface area contributed by atoms with Crippen LogP contribution in [-0.4, -0.2) is 31.6 Å². The second-order valence-electron chi connectivity index (χ2n) is 5.38. The van der Waals surface area contributed by atoms with Crippen molar-refractivity contribution in [2.24, 2.45) is 0 Å². The summed E-state index contributed by atoms with van der Waals surface area (Å²) in [4.78, 5) is 3.43. The smallest absolute Gasteiger partial charge is 0.206 e. The van der Waals surface area contributed by atoms with Crippen molar-refractivity contribution in [2.75, 3.05) is 20.8 Å². The van der Waals surface area contributed by atoms with Crippen molar-refractivity contribution in [3.8, 4) is 17.2 Å². The van der Waals surface area contributed by atoms with Gasteiger partial charge in [-0.05, 0) is 41.5 Å². The van der Waals surface area contributed by atoms with E-state index in [1.54, 1.807) is 26.4 Å². The lowest BCUT2D eigenvalue weighted by atomic mass is 9.96. The Morgan fingerprint density at radius 1 is 1.00 bits per heavy atom. The molecule has 0 fully saturated rings. The third kappa shape index (κ3) is 3.21. The Labute approximate surface area is 135 Å². The summed E-state index contributed by atoms with van der Waals surface area (Å²) < 4.78 is 10.8. The van der Waals surface area contributed by atoms with Crippen molar-refractivity contribution in [1.29, 1.82) is 0 Å². The molecule has 0 saturated carbocycles. The topological polar surface area (TPSA) is 52.7 Å². The summed E-state index contributed by atoms with van der Waals surface area (Å²) in [6.45, 7) is 0.887. The molecule has 2 N–H and O–H groups in total. The molecule has 0 saturated heterocycles. The van der Waals surface area contributed by atoms with Crippen LogP contribution in [0.1, 0.15) is 16.7 Å². The molecule has 4 nitrogen and oxygen atoms in total. The molecule has 118 valence electrons. The highest BCUT2D eigenvalue weighted by Gasteiger charge is 2.20. The number of hydrogen-bond acceptors (Lipinski definition) is 3. The van der Waals surface area contributed by atoms with E-state index < -0.39 is 0 Å². The number of rotatable bonds is 4. The first-order valence-corrected chi connectivity index (χ1v) is 7.54. The van der Waals surface area contributed by atoms with Crippen LogP contribution in [-0.2, 0) is 6.42 Å². The van der Waals surface area contributed by atoms with Crippen LogP contribution in [0.3, 0.4) is 0 Å². The first kappa shape index (κ1) is 15.2. The number of benzene rings is 2. The summed E-state index contributed by atoms with van der Waals surface area (Å²) in [6.07, 6.45) is 5.02. The second-order valence-corrected chi connectivity index (χ2v) is 5.38. The molecule has 2 aromatic carbocycles. The van der Waals surface area contributed by atoms with E-state index in [0.29, 0.717) is 0 Å². The zero-order valence-electron chi connectivity index (χ0n) is 13.3. The molecule has 0 unspecified atom stereocenters. The van der Waals surface area contributed by atoms with Crippen molar-refractivity contribution in [3.05, 3.63) is 59.2 Å². The second kappa shape index (κ2) is 6.57. The lowest BCUT2D eigenvalue weighted by molar-refractivity contribution is -0.456. The Balaban J connectivity index is 1.93. The van der Waals surface area contributed by atoms with Crippen molar-refractivity contribution in [1.82, 2.24) is 0 Å².